The number of carbonyl (C=O) groups excluding carboxylic acids is 1. The lowest BCUT2D eigenvalue weighted by molar-refractivity contribution is -0.385. The van der Waals surface area contributed by atoms with Crippen molar-refractivity contribution in [1.29, 1.82) is 0 Å². The average Bonchev–Trinajstić information content (AvgIpc) is 3.32. The fourth-order valence-electron chi connectivity index (χ4n) is 2.41. The quantitative estimate of drug-likeness (QED) is 0.273. The summed E-state index contributed by atoms with van der Waals surface area (Å²) in [5.41, 5.74) is 1.56. The van der Waals surface area contributed by atoms with Gasteiger partial charge in [0, 0.05) is 5.56 Å². The van der Waals surface area contributed by atoms with Crippen molar-refractivity contribution < 1.29 is 14.5 Å². The van der Waals surface area contributed by atoms with Crippen LogP contribution in [0.15, 0.2) is 54.2 Å². The Morgan fingerprint density at radius 1 is 1.42 bits per heavy atom. The predicted octanol–water partition coefficient (Wildman–Crippen LogP) is 3.81. The van der Waals surface area contributed by atoms with E-state index in [2.05, 4.69) is 5.10 Å². The molecule has 26 heavy (non-hydrogen) atoms. The molecule has 0 unspecified atom stereocenters. The fourth-order valence-corrected chi connectivity index (χ4v) is 3.05. The highest BCUT2D eigenvalue weighted by molar-refractivity contribution is 7.12. The molecule has 2 heterocycles. The number of ketones is 1. The lowest BCUT2D eigenvalue weighted by atomic mass is 10.1. The number of nitro groups is 1. The highest BCUT2D eigenvalue weighted by Gasteiger charge is 2.11. The van der Waals surface area contributed by atoms with Gasteiger partial charge in [0.15, 0.2) is 5.78 Å². The zero-order valence-corrected chi connectivity index (χ0v) is 14.7. The lowest BCUT2D eigenvalue weighted by Gasteiger charge is -2.09. The van der Waals surface area contributed by atoms with Crippen molar-refractivity contribution >= 4 is 28.9 Å². The van der Waals surface area contributed by atoms with Crippen LogP contribution < -0.4 is 4.74 Å². The Morgan fingerprint density at radius 3 is 2.92 bits per heavy atom. The number of allylic oxidation sites excluding steroid dienone is 1. The Kier molecular flexibility index (Phi) is 5.23. The molecule has 0 N–H and O–H groups in total. The van der Waals surface area contributed by atoms with E-state index in [1.165, 1.54) is 34.5 Å². The third-order valence-electron chi connectivity index (χ3n) is 3.66. The van der Waals surface area contributed by atoms with Crippen molar-refractivity contribution in [3.8, 4) is 5.75 Å². The lowest BCUT2D eigenvalue weighted by Crippen LogP contribution is -2.02. The minimum Gasteiger partial charge on any atom is -0.496 e. The first-order valence-electron chi connectivity index (χ1n) is 7.66. The maximum Gasteiger partial charge on any atom is 0.307 e. The number of methoxy groups -OCH3 is 1. The van der Waals surface area contributed by atoms with E-state index in [1.54, 1.807) is 25.3 Å². The standard InChI is InChI=1S/C18H15N3O4S/c1-25-17-7-5-13(4-6-16(22)18-3-2-8-26-18)9-14(17)11-20-12-15(10-19-20)21(23)24/h2-10,12H,11H2,1H3/b6-4+. The van der Waals surface area contributed by atoms with Crippen molar-refractivity contribution in [3.63, 3.8) is 0 Å². The van der Waals surface area contributed by atoms with Gasteiger partial charge < -0.3 is 4.74 Å². The topological polar surface area (TPSA) is 87.3 Å². The molecule has 0 fully saturated rings. The van der Waals surface area contributed by atoms with Gasteiger partial charge in [0.2, 0.25) is 0 Å². The van der Waals surface area contributed by atoms with Gasteiger partial charge in [-0.2, -0.15) is 5.10 Å². The number of rotatable bonds is 7. The molecule has 3 rings (SSSR count). The molecule has 2 aromatic heterocycles. The second kappa shape index (κ2) is 7.75. The molecule has 0 spiro atoms. The molecule has 0 bridgehead atoms. The van der Waals surface area contributed by atoms with Crippen LogP contribution in [0.3, 0.4) is 0 Å². The Hall–Kier alpha value is -3.26. The Balaban J connectivity index is 1.81. The fraction of sp³-hybridized carbons (Fsp3) is 0.111. The Bertz CT molecular complexity index is 961. The summed E-state index contributed by atoms with van der Waals surface area (Å²) >= 11 is 1.39. The van der Waals surface area contributed by atoms with Gasteiger partial charge in [-0.1, -0.05) is 18.2 Å². The number of carbonyl (C=O) groups is 1. The van der Waals surface area contributed by atoms with Gasteiger partial charge in [-0.15, -0.1) is 11.3 Å². The predicted molar refractivity (Wildman–Crippen MR) is 98.7 cm³/mol. The summed E-state index contributed by atoms with van der Waals surface area (Å²) < 4.78 is 6.82. The second-order valence-electron chi connectivity index (χ2n) is 5.40. The zero-order chi connectivity index (χ0) is 18.5. The minimum atomic E-state index is -0.490. The normalized spacial score (nSPS) is 11.0. The number of aromatic nitrogens is 2. The SMILES string of the molecule is COc1ccc(/C=C/C(=O)c2cccs2)cc1Cn1cc([N+](=O)[O-])cn1. The first-order chi connectivity index (χ1) is 12.6. The van der Waals surface area contributed by atoms with E-state index in [4.69, 9.17) is 4.74 Å². The Labute approximate surface area is 153 Å². The maximum atomic E-state index is 12.1. The molecule has 8 heteroatoms. The summed E-state index contributed by atoms with van der Waals surface area (Å²) in [5, 5.41) is 16.6. The summed E-state index contributed by atoms with van der Waals surface area (Å²) in [6, 6.07) is 9.11. The maximum absolute atomic E-state index is 12.1. The van der Waals surface area contributed by atoms with Gasteiger partial charge in [-0.3, -0.25) is 19.6 Å². The largest absolute Gasteiger partial charge is 0.496 e. The monoisotopic (exact) mass is 369 g/mol. The summed E-state index contributed by atoms with van der Waals surface area (Å²) in [6.07, 6.45) is 5.82. The van der Waals surface area contributed by atoms with Crippen molar-refractivity contribution in [3.05, 3.63) is 80.3 Å². The molecule has 0 saturated carbocycles. The molecule has 0 saturated heterocycles. The van der Waals surface area contributed by atoms with Crippen molar-refractivity contribution in [2.24, 2.45) is 0 Å². The van der Waals surface area contributed by atoms with Crippen LogP contribution in [-0.2, 0) is 6.54 Å². The number of ether oxygens (including phenoxy) is 1. The summed E-state index contributed by atoms with van der Waals surface area (Å²) in [6.45, 7) is 0.317. The van der Waals surface area contributed by atoms with Crippen molar-refractivity contribution in [1.82, 2.24) is 9.78 Å². The van der Waals surface area contributed by atoms with Crippen LogP contribution >= 0.6 is 11.3 Å². The van der Waals surface area contributed by atoms with Gasteiger partial charge in [-0.25, -0.2) is 0 Å². The molecule has 0 amide bonds. The van der Waals surface area contributed by atoms with Crippen LogP contribution in [0.25, 0.3) is 6.08 Å². The highest BCUT2D eigenvalue weighted by Crippen LogP contribution is 2.22. The zero-order valence-electron chi connectivity index (χ0n) is 13.9. The van der Waals surface area contributed by atoms with Crippen LogP contribution in [0.1, 0.15) is 20.8 Å². The smallest absolute Gasteiger partial charge is 0.307 e. The van der Waals surface area contributed by atoms with Gasteiger partial charge in [0.25, 0.3) is 0 Å². The van der Waals surface area contributed by atoms with E-state index in [9.17, 15) is 14.9 Å². The molecule has 0 aliphatic rings. The van der Waals surface area contributed by atoms with Crippen LogP contribution in [0.2, 0.25) is 0 Å². The van der Waals surface area contributed by atoms with E-state index in [-0.39, 0.29) is 11.5 Å². The third kappa shape index (κ3) is 4.04. The van der Waals surface area contributed by atoms with Gasteiger partial charge >= 0.3 is 5.69 Å². The molecule has 7 nitrogen and oxygen atoms in total. The summed E-state index contributed by atoms with van der Waals surface area (Å²) in [7, 11) is 1.56. The highest BCUT2D eigenvalue weighted by atomic mass is 32.1. The molecule has 0 aliphatic heterocycles. The number of benzene rings is 1. The molecule has 0 aliphatic carbocycles. The van der Waals surface area contributed by atoms with Gasteiger partial charge in [0.05, 0.1) is 23.5 Å². The van der Waals surface area contributed by atoms with E-state index in [1.807, 2.05) is 23.6 Å². The van der Waals surface area contributed by atoms with E-state index in [0.717, 1.165) is 11.1 Å². The first-order valence-corrected chi connectivity index (χ1v) is 8.54. The average molecular weight is 369 g/mol. The van der Waals surface area contributed by atoms with Crippen molar-refractivity contribution in [2.75, 3.05) is 7.11 Å². The molecule has 0 atom stereocenters. The molecule has 1 aromatic carbocycles. The number of hydrogen-bond acceptors (Lipinski definition) is 6. The van der Waals surface area contributed by atoms with Crippen molar-refractivity contribution in [2.45, 2.75) is 6.54 Å². The number of nitrogens with zero attached hydrogens (tertiary/aromatic N) is 3. The molecule has 0 radical (unpaired) electrons. The second-order valence-corrected chi connectivity index (χ2v) is 6.35. The molecule has 132 valence electrons. The minimum absolute atomic E-state index is 0.0555. The Morgan fingerprint density at radius 2 is 2.27 bits per heavy atom. The van der Waals surface area contributed by atoms with Crippen LogP contribution in [0, 0.1) is 10.1 Å². The number of hydrogen-bond donors (Lipinski definition) is 0. The molecular formula is C18H15N3O4S. The molecular weight excluding hydrogens is 354 g/mol. The van der Waals surface area contributed by atoms with Crippen LogP contribution in [0.5, 0.6) is 5.75 Å². The van der Waals surface area contributed by atoms with Crippen LogP contribution in [-0.4, -0.2) is 27.6 Å². The van der Waals surface area contributed by atoms with E-state index >= 15 is 0 Å². The summed E-state index contributed by atoms with van der Waals surface area (Å²) in [4.78, 5) is 23.0. The molecule has 3 aromatic rings. The first kappa shape index (κ1) is 17.6. The third-order valence-corrected chi connectivity index (χ3v) is 4.54. The van der Waals surface area contributed by atoms with Crippen LogP contribution in [0.4, 0.5) is 5.69 Å². The van der Waals surface area contributed by atoms with E-state index in [0.29, 0.717) is 17.2 Å². The summed E-state index contributed by atoms with van der Waals surface area (Å²) in [5.74, 6) is 0.588. The van der Waals surface area contributed by atoms with E-state index < -0.39 is 4.92 Å². The van der Waals surface area contributed by atoms with Gasteiger partial charge in [0.1, 0.15) is 18.1 Å². The number of thiophene rings is 1. The van der Waals surface area contributed by atoms with Gasteiger partial charge in [-0.05, 0) is 35.2 Å².